The molecule has 0 spiro atoms. The lowest BCUT2D eigenvalue weighted by Gasteiger charge is -2.05. The van der Waals surface area contributed by atoms with E-state index in [1.54, 1.807) is 4.68 Å². The summed E-state index contributed by atoms with van der Waals surface area (Å²) in [5, 5.41) is 16.7. The quantitative estimate of drug-likeness (QED) is 0.367. The highest BCUT2D eigenvalue weighted by Crippen LogP contribution is 2.05. The van der Waals surface area contributed by atoms with Crippen LogP contribution in [0.3, 0.4) is 0 Å². The summed E-state index contributed by atoms with van der Waals surface area (Å²) >= 11 is 0. The molecule has 0 aliphatic carbocycles. The van der Waals surface area contributed by atoms with Crippen molar-refractivity contribution in [2.75, 3.05) is 39.6 Å². The van der Waals surface area contributed by atoms with Gasteiger partial charge in [0.25, 0.3) is 0 Å². The van der Waals surface area contributed by atoms with Gasteiger partial charge in [-0.25, -0.2) is 4.68 Å². The number of aliphatic hydroxyl groups is 1. The molecule has 0 atom stereocenters. The molecule has 0 saturated carbocycles. The van der Waals surface area contributed by atoms with Crippen LogP contribution in [0.1, 0.15) is 31.4 Å². The SMILES string of the molecule is C=CCCCCCc1cn(COCCOCCOCCO)nn1. The van der Waals surface area contributed by atoms with E-state index < -0.39 is 0 Å². The number of unbranched alkanes of at least 4 members (excludes halogenated alkanes) is 3. The van der Waals surface area contributed by atoms with Crippen LogP contribution in [0.2, 0.25) is 0 Å². The molecule has 0 radical (unpaired) electrons. The van der Waals surface area contributed by atoms with Gasteiger partial charge >= 0.3 is 0 Å². The number of aryl methyl sites for hydroxylation is 1. The van der Waals surface area contributed by atoms with E-state index in [9.17, 15) is 0 Å². The third kappa shape index (κ3) is 11.0. The van der Waals surface area contributed by atoms with Gasteiger partial charge in [0, 0.05) is 0 Å². The average molecular weight is 327 g/mol. The molecule has 1 rings (SSSR count). The molecular weight excluding hydrogens is 298 g/mol. The van der Waals surface area contributed by atoms with Gasteiger partial charge in [-0.05, 0) is 25.7 Å². The average Bonchev–Trinajstić information content (AvgIpc) is 3.01. The van der Waals surface area contributed by atoms with Crippen molar-refractivity contribution in [1.82, 2.24) is 15.0 Å². The molecule has 132 valence electrons. The van der Waals surface area contributed by atoms with Crippen molar-refractivity contribution >= 4 is 0 Å². The van der Waals surface area contributed by atoms with Gasteiger partial charge in [-0.1, -0.05) is 17.7 Å². The lowest BCUT2D eigenvalue weighted by molar-refractivity contribution is -0.00872. The van der Waals surface area contributed by atoms with Crippen LogP contribution >= 0.6 is 0 Å². The fourth-order valence-electron chi connectivity index (χ4n) is 1.95. The third-order valence-electron chi connectivity index (χ3n) is 3.13. The summed E-state index contributed by atoms with van der Waals surface area (Å²) in [4.78, 5) is 0. The predicted octanol–water partition coefficient (Wildman–Crippen LogP) is 1.57. The molecule has 1 N–H and O–H groups in total. The van der Waals surface area contributed by atoms with E-state index >= 15 is 0 Å². The topological polar surface area (TPSA) is 78.6 Å². The summed E-state index contributed by atoms with van der Waals surface area (Å²) in [6, 6.07) is 0. The van der Waals surface area contributed by atoms with Crippen LogP contribution < -0.4 is 0 Å². The van der Waals surface area contributed by atoms with Gasteiger partial charge in [0.05, 0.1) is 51.5 Å². The van der Waals surface area contributed by atoms with Crippen LogP contribution in [0.25, 0.3) is 0 Å². The molecule has 0 aromatic carbocycles. The van der Waals surface area contributed by atoms with Crippen LogP contribution in [0.15, 0.2) is 18.9 Å². The van der Waals surface area contributed by atoms with Crippen molar-refractivity contribution in [2.45, 2.75) is 38.8 Å². The Morgan fingerprint density at radius 1 is 1.04 bits per heavy atom. The van der Waals surface area contributed by atoms with E-state index in [-0.39, 0.29) is 6.61 Å². The molecule has 0 fully saturated rings. The summed E-state index contributed by atoms with van der Waals surface area (Å²) < 4.78 is 17.6. The molecule has 7 heteroatoms. The lowest BCUT2D eigenvalue weighted by Crippen LogP contribution is -2.12. The van der Waals surface area contributed by atoms with Crippen LogP contribution in [0.4, 0.5) is 0 Å². The van der Waals surface area contributed by atoms with Gasteiger partial charge < -0.3 is 19.3 Å². The second-order valence-corrected chi connectivity index (χ2v) is 5.12. The molecule has 0 aliphatic heterocycles. The maximum atomic E-state index is 8.53. The first-order valence-corrected chi connectivity index (χ1v) is 8.21. The zero-order valence-corrected chi connectivity index (χ0v) is 13.9. The van der Waals surface area contributed by atoms with E-state index in [0.29, 0.717) is 39.8 Å². The van der Waals surface area contributed by atoms with Crippen molar-refractivity contribution in [2.24, 2.45) is 0 Å². The lowest BCUT2D eigenvalue weighted by atomic mass is 10.1. The Kier molecular flexibility index (Phi) is 12.3. The fraction of sp³-hybridized carbons (Fsp3) is 0.750. The Bertz CT molecular complexity index is 398. The van der Waals surface area contributed by atoms with Gasteiger partial charge in [-0.15, -0.1) is 11.7 Å². The zero-order chi connectivity index (χ0) is 16.6. The molecule has 1 heterocycles. The van der Waals surface area contributed by atoms with Gasteiger partial charge in [-0.3, -0.25) is 0 Å². The fourth-order valence-corrected chi connectivity index (χ4v) is 1.95. The van der Waals surface area contributed by atoms with Crippen molar-refractivity contribution in [3.63, 3.8) is 0 Å². The van der Waals surface area contributed by atoms with Crippen LogP contribution in [0.5, 0.6) is 0 Å². The second kappa shape index (κ2) is 14.3. The van der Waals surface area contributed by atoms with Gasteiger partial charge in [0.15, 0.2) is 0 Å². The Morgan fingerprint density at radius 2 is 1.78 bits per heavy atom. The number of aliphatic hydroxyl groups excluding tert-OH is 1. The van der Waals surface area contributed by atoms with Crippen molar-refractivity contribution in [3.05, 3.63) is 24.5 Å². The van der Waals surface area contributed by atoms with Crippen LogP contribution in [-0.2, 0) is 27.4 Å². The molecule has 7 nitrogen and oxygen atoms in total. The van der Waals surface area contributed by atoms with E-state index in [1.165, 1.54) is 12.8 Å². The highest BCUT2D eigenvalue weighted by atomic mass is 16.5. The molecule has 0 amide bonds. The molecule has 1 aromatic rings. The number of ether oxygens (including phenoxy) is 3. The van der Waals surface area contributed by atoms with Crippen LogP contribution in [0, 0.1) is 0 Å². The maximum absolute atomic E-state index is 8.53. The predicted molar refractivity (Wildman–Crippen MR) is 87.1 cm³/mol. The van der Waals surface area contributed by atoms with Crippen LogP contribution in [-0.4, -0.2) is 59.7 Å². The molecule has 1 aromatic heterocycles. The number of hydrogen-bond acceptors (Lipinski definition) is 6. The zero-order valence-electron chi connectivity index (χ0n) is 13.9. The summed E-state index contributed by atoms with van der Waals surface area (Å²) in [7, 11) is 0. The molecule has 0 unspecified atom stereocenters. The van der Waals surface area contributed by atoms with Crippen molar-refractivity contribution < 1.29 is 19.3 Å². The first-order chi connectivity index (χ1) is 11.4. The monoisotopic (exact) mass is 327 g/mol. The molecule has 23 heavy (non-hydrogen) atoms. The summed E-state index contributed by atoms with van der Waals surface area (Å²) in [6.07, 6.45) is 9.42. The smallest absolute Gasteiger partial charge is 0.141 e. The standard InChI is InChI=1S/C16H29N3O4/c1-2-3-4-5-6-7-16-14-19(18-17-16)15-23-13-12-22-11-10-21-9-8-20/h2,14,20H,1,3-13,15H2. The van der Waals surface area contributed by atoms with Gasteiger partial charge in [0.1, 0.15) is 6.73 Å². The Hall–Kier alpha value is -1.28. The van der Waals surface area contributed by atoms with E-state index in [0.717, 1.165) is 25.0 Å². The van der Waals surface area contributed by atoms with Gasteiger partial charge in [-0.2, -0.15) is 0 Å². The van der Waals surface area contributed by atoms with E-state index in [4.69, 9.17) is 19.3 Å². The molecule has 0 bridgehead atoms. The number of rotatable bonds is 16. The van der Waals surface area contributed by atoms with Gasteiger partial charge in [0.2, 0.25) is 0 Å². The number of allylic oxidation sites excluding steroid dienone is 1. The van der Waals surface area contributed by atoms with E-state index in [2.05, 4.69) is 16.9 Å². The summed E-state index contributed by atoms with van der Waals surface area (Å²) in [6.45, 7) is 6.48. The normalized spacial score (nSPS) is 11.0. The van der Waals surface area contributed by atoms with Crippen molar-refractivity contribution in [3.8, 4) is 0 Å². The number of hydrogen-bond donors (Lipinski definition) is 1. The minimum absolute atomic E-state index is 0.0395. The second-order valence-electron chi connectivity index (χ2n) is 5.12. The number of nitrogens with zero attached hydrogens (tertiary/aromatic N) is 3. The Labute approximate surface area is 138 Å². The maximum Gasteiger partial charge on any atom is 0.141 e. The minimum Gasteiger partial charge on any atom is -0.394 e. The molecular formula is C16H29N3O4. The highest BCUT2D eigenvalue weighted by Gasteiger charge is 2.01. The number of aromatic nitrogens is 3. The minimum atomic E-state index is 0.0395. The molecule has 0 aliphatic rings. The first kappa shape index (κ1) is 19.8. The summed E-state index contributed by atoms with van der Waals surface area (Å²) in [5.74, 6) is 0. The van der Waals surface area contributed by atoms with Crippen molar-refractivity contribution in [1.29, 1.82) is 0 Å². The summed E-state index contributed by atoms with van der Waals surface area (Å²) in [5.41, 5.74) is 1.00. The highest BCUT2D eigenvalue weighted by molar-refractivity contribution is 4.91. The Balaban J connectivity index is 1.96. The largest absolute Gasteiger partial charge is 0.394 e. The Morgan fingerprint density at radius 3 is 2.52 bits per heavy atom. The third-order valence-corrected chi connectivity index (χ3v) is 3.13. The first-order valence-electron chi connectivity index (χ1n) is 8.21. The van der Waals surface area contributed by atoms with E-state index in [1.807, 2.05) is 12.3 Å². The molecule has 0 saturated heterocycles.